The highest BCUT2D eigenvalue weighted by Crippen LogP contribution is 1.88. The lowest BCUT2D eigenvalue weighted by Gasteiger charge is -2.06. The largest absolute Gasteiger partial charge is 0.326 e. The predicted molar refractivity (Wildman–Crippen MR) is 32.4 cm³/mol. The minimum atomic E-state index is 0. The van der Waals surface area contributed by atoms with Crippen molar-refractivity contribution in [3.63, 3.8) is 0 Å². The van der Waals surface area contributed by atoms with Crippen molar-refractivity contribution >= 4 is 6.08 Å². The van der Waals surface area contributed by atoms with Gasteiger partial charge in [-0.05, 0) is 20.8 Å². The molecule has 0 saturated carbocycles. The highest BCUT2D eigenvalue weighted by atomic mass is 16.1. The number of hydrogen-bond acceptors (Lipinski definition) is 3. The average molecular weight is 116 g/mol. The first-order chi connectivity index (χ1) is 3.41. The summed E-state index contributed by atoms with van der Waals surface area (Å²) < 4.78 is 0. The van der Waals surface area contributed by atoms with Crippen LogP contribution < -0.4 is 5.73 Å². The molecule has 0 aromatic rings. The van der Waals surface area contributed by atoms with E-state index >= 15 is 0 Å². The summed E-state index contributed by atoms with van der Waals surface area (Å²) in [5.41, 5.74) is 5.35. The number of isocyanates is 1. The smallest absolute Gasteiger partial charge is 0.231 e. The molecule has 0 atom stereocenters. The normalized spacial score (nSPS) is 8.50. The zero-order valence-corrected chi connectivity index (χ0v) is 5.49. The Hall–Kier alpha value is -0.660. The van der Waals surface area contributed by atoms with Gasteiger partial charge in [0.05, 0.1) is 0 Å². The Labute approximate surface area is 49.4 Å². The summed E-state index contributed by atoms with van der Waals surface area (Å²) in [5.74, 6) is 0. The second-order valence-corrected chi connectivity index (χ2v) is 2.47. The Morgan fingerprint density at radius 1 is 1.50 bits per heavy atom. The minimum absolute atomic E-state index is 0. The van der Waals surface area contributed by atoms with Crippen LogP contribution in [-0.4, -0.2) is 11.6 Å². The van der Waals surface area contributed by atoms with Crippen LogP contribution in [0.15, 0.2) is 0 Å². The molecule has 0 aromatic carbocycles. The van der Waals surface area contributed by atoms with Crippen molar-refractivity contribution in [2.24, 2.45) is 5.73 Å². The van der Waals surface area contributed by atoms with Crippen LogP contribution in [0, 0.1) is 5.41 Å². The molecule has 0 spiro atoms. The molecule has 0 aliphatic rings. The van der Waals surface area contributed by atoms with Gasteiger partial charge in [0.15, 0.2) is 0 Å². The second kappa shape index (κ2) is 4.50. The molecule has 3 N–H and O–H groups in total. The molecule has 0 aliphatic carbocycles. The molecule has 0 bridgehead atoms. The van der Waals surface area contributed by atoms with E-state index in [1.807, 2.05) is 20.8 Å². The third kappa shape index (κ3) is 231. The first kappa shape index (κ1) is 10.3. The summed E-state index contributed by atoms with van der Waals surface area (Å²) in [6, 6.07) is 0. The number of rotatable bonds is 0. The number of nitrogens with one attached hydrogen (secondary N) is 1. The Morgan fingerprint density at radius 2 is 1.50 bits per heavy atom. The molecule has 48 valence electrons. The van der Waals surface area contributed by atoms with Crippen LogP contribution in [0.4, 0.5) is 0 Å². The molecule has 0 radical (unpaired) electrons. The zero-order valence-electron chi connectivity index (χ0n) is 5.49. The maximum Gasteiger partial charge on any atom is 0.231 e. The average Bonchev–Trinajstić information content (AvgIpc) is 1.27. The van der Waals surface area contributed by atoms with E-state index in [9.17, 15) is 0 Å². The topological polar surface area (TPSA) is 66.9 Å². The fourth-order valence-corrected chi connectivity index (χ4v) is 0. The van der Waals surface area contributed by atoms with Gasteiger partial charge >= 0.3 is 0 Å². The highest BCUT2D eigenvalue weighted by molar-refractivity contribution is 5.26. The van der Waals surface area contributed by atoms with Crippen LogP contribution in [0.25, 0.3) is 0 Å². The van der Waals surface area contributed by atoms with Gasteiger partial charge in [-0.2, -0.15) is 0 Å². The predicted octanol–water partition coefficient (Wildman–Crippen LogP) is 0.645. The van der Waals surface area contributed by atoms with Gasteiger partial charge < -0.3 is 5.73 Å². The molecule has 3 nitrogen and oxygen atoms in total. The van der Waals surface area contributed by atoms with Crippen LogP contribution in [0.3, 0.4) is 0 Å². The number of carbonyl (C=O) groups excluding carboxylic acids is 1. The first-order valence-electron chi connectivity index (χ1n) is 2.24. The van der Waals surface area contributed by atoms with Gasteiger partial charge in [0.25, 0.3) is 0 Å². The van der Waals surface area contributed by atoms with Gasteiger partial charge in [0.1, 0.15) is 0 Å². The molecule has 0 aliphatic heterocycles. The van der Waals surface area contributed by atoms with E-state index in [1.54, 1.807) is 0 Å². The van der Waals surface area contributed by atoms with Gasteiger partial charge in [-0.1, -0.05) is 0 Å². The van der Waals surface area contributed by atoms with Crippen molar-refractivity contribution in [1.82, 2.24) is 0 Å². The van der Waals surface area contributed by atoms with Gasteiger partial charge in [0.2, 0.25) is 6.08 Å². The molecule has 0 amide bonds. The van der Waals surface area contributed by atoms with Gasteiger partial charge in [-0.15, -0.1) is 0 Å². The van der Waals surface area contributed by atoms with Crippen LogP contribution in [0.5, 0.6) is 0 Å². The van der Waals surface area contributed by atoms with E-state index in [0.717, 1.165) is 6.08 Å². The van der Waals surface area contributed by atoms with Gasteiger partial charge in [-0.25, -0.2) is 10.2 Å². The fraction of sp³-hybridized carbons (Fsp3) is 0.800. The summed E-state index contributed by atoms with van der Waals surface area (Å²) in [4.78, 5) is 8.35. The van der Waals surface area contributed by atoms with E-state index in [-0.39, 0.29) is 5.54 Å². The molecule has 0 unspecified atom stereocenters. The third-order valence-electron chi connectivity index (χ3n) is 0. The van der Waals surface area contributed by atoms with Crippen molar-refractivity contribution in [3.8, 4) is 0 Å². The summed E-state index contributed by atoms with van der Waals surface area (Å²) in [7, 11) is 0. The van der Waals surface area contributed by atoms with Crippen molar-refractivity contribution in [3.05, 3.63) is 0 Å². The standard InChI is InChI=1S/C4H11N.CHNO/c1-4(2,3)5;2-1-3/h5H2,1-3H3;2H. The zero-order chi connectivity index (χ0) is 7.21. The fourth-order valence-electron chi connectivity index (χ4n) is 0. The molecular weight excluding hydrogens is 104 g/mol. The van der Waals surface area contributed by atoms with Crippen molar-refractivity contribution < 1.29 is 4.79 Å². The van der Waals surface area contributed by atoms with Gasteiger partial charge in [-0.3, -0.25) is 0 Å². The Balaban J connectivity index is 0. The van der Waals surface area contributed by atoms with E-state index in [1.165, 1.54) is 0 Å². The summed E-state index contributed by atoms with van der Waals surface area (Å²) >= 11 is 0. The Kier molecular flexibility index (Phi) is 5.82. The maximum absolute atomic E-state index is 8.35. The minimum Gasteiger partial charge on any atom is -0.326 e. The highest BCUT2D eigenvalue weighted by Gasteiger charge is 1.95. The van der Waals surface area contributed by atoms with E-state index in [4.69, 9.17) is 15.9 Å². The Bertz CT molecular complexity index is 70.9. The Morgan fingerprint density at radius 3 is 1.50 bits per heavy atom. The van der Waals surface area contributed by atoms with Crippen LogP contribution in [0.1, 0.15) is 20.8 Å². The van der Waals surface area contributed by atoms with Crippen LogP contribution in [-0.2, 0) is 4.79 Å². The lowest BCUT2D eigenvalue weighted by molar-refractivity contribution is 0.562. The summed E-state index contributed by atoms with van der Waals surface area (Å²) in [6.07, 6.45) is 0.750. The maximum atomic E-state index is 8.35. The molecule has 8 heavy (non-hydrogen) atoms. The third-order valence-corrected chi connectivity index (χ3v) is 0. The molecule has 0 fully saturated rings. The molecule has 0 rings (SSSR count). The van der Waals surface area contributed by atoms with E-state index in [0.29, 0.717) is 0 Å². The molecule has 0 aromatic heterocycles. The van der Waals surface area contributed by atoms with Crippen LogP contribution >= 0.6 is 0 Å². The van der Waals surface area contributed by atoms with Crippen molar-refractivity contribution in [2.45, 2.75) is 26.3 Å². The monoisotopic (exact) mass is 116 g/mol. The number of nitrogens with two attached hydrogens (primary N) is 1. The van der Waals surface area contributed by atoms with E-state index in [2.05, 4.69) is 0 Å². The molecule has 0 saturated heterocycles. The second-order valence-electron chi connectivity index (χ2n) is 2.47. The van der Waals surface area contributed by atoms with Crippen molar-refractivity contribution in [2.75, 3.05) is 0 Å². The molecule has 3 heteroatoms. The summed E-state index contributed by atoms with van der Waals surface area (Å²) in [6.45, 7) is 5.90. The molecular formula is C5H12N2O. The van der Waals surface area contributed by atoms with Gasteiger partial charge in [0, 0.05) is 5.54 Å². The van der Waals surface area contributed by atoms with Crippen LogP contribution in [0.2, 0.25) is 0 Å². The lowest BCUT2D eigenvalue weighted by Crippen LogP contribution is -2.26. The summed E-state index contributed by atoms with van der Waals surface area (Å²) in [5, 5.41) is 5.40. The lowest BCUT2D eigenvalue weighted by atomic mass is 10.1. The van der Waals surface area contributed by atoms with Crippen molar-refractivity contribution in [1.29, 1.82) is 5.41 Å². The SMILES string of the molecule is CC(C)(C)N.N=C=O. The number of hydrogen-bond donors (Lipinski definition) is 2. The first-order valence-corrected chi connectivity index (χ1v) is 2.24. The van der Waals surface area contributed by atoms with E-state index < -0.39 is 0 Å². The molecule has 0 heterocycles. The quantitative estimate of drug-likeness (QED) is 0.360.